The molecule has 0 heterocycles. The maximum absolute atomic E-state index is 5.99. The van der Waals surface area contributed by atoms with Crippen LogP contribution in [-0.2, 0) is 0 Å². The molecule has 2 saturated carbocycles. The molecule has 0 radical (unpaired) electrons. The Hall–Kier alpha value is -1.02. The molecular formula is C17H25NO. The Morgan fingerprint density at radius 2 is 1.84 bits per heavy atom. The summed E-state index contributed by atoms with van der Waals surface area (Å²) in [5.74, 6) is 3.81. The Bertz CT molecular complexity index is 433. The van der Waals surface area contributed by atoms with Crippen molar-refractivity contribution >= 4 is 0 Å². The molecule has 0 saturated heterocycles. The van der Waals surface area contributed by atoms with Gasteiger partial charge < -0.3 is 10.1 Å². The summed E-state index contributed by atoms with van der Waals surface area (Å²) in [5, 5.41) is 3.54. The van der Waals surface area contributed by atoms with E-state index in [0.29, 0.717) is 6.04 Å². The van der Waals surface area contributed by atoms with Gasteiger partial charge in [0.2, 0.25) is 0 Å². The van der Waals surface area contributed by atoms with Crippen LogP contribution in [0.2, 0.25) is 0 Å². The molecule has 3 unspecified atom stereocenters. The zero-order valence-electron chi connectivity index (χ0n) is 12.2. The number of fused-ring (bicyclic) bond motifs is 1. The molecule has 1 aromatic carbocycles. The SMILES string of the molecule is CNC(c1ccccc1OC(C)C)C1C2CCCC21. The van der Waals surface area contributed by atoms with E-state index in [0.717, 1.165) is 23.5 Å². The molecule has 1 N–H and O–H groups in total. The highest BCUT2D eigenvalue weighted by Gasteiger charge is 2.56. The van der Waals surface area contributed by atoms with E-state index < -0.39 is 0 Å². The average Bonchev–Trinajstić information content (AvgIpc) is 2.85. The first-order valence-corrected chi connectivity index (χ1v) is 7.65. The van der Waals surface area contributed by atoms with Gasteiger partial charge in [0, 0.05) is 11.6 Å². The van der Waals surface area contributed by atoms with Crippen molar-refractivity contribution in [1.29, 1.82) is 0 Å². The topological polar surface area (TPSA) is 21.3 Å². The van der Waals surface area contributed by atoms with E-state index in [-0.39, 0.29) is 6.10 Å². The number of benzene rings is 1. The second-order valence-electron chi connectivity index (χ2n) is 6.31. The first-order valence-electron chi connectivity index (χ1n) is 7.65. The number of ether oxygens (including phenoxy) is 1. The molecule has 19 heavy (non-hydrogen) atoms. The lowest BCUT2D eigenvalue weighted by Crippen LogP contribution is -2.22. The number of nitrogens with one attached hydrogen (secondary N) is 1. The van der Waals surface area contributed by atoms with Crippen LogP contribution in [0.5, 0.6) is 5.75 Å². The first kappa shape index (κ1) is 13.0. The van der Waals surface area contributed by atoms with Gasteiger partial charge in [-0.3, -0.25) is 0 Å². The number of hydrogen-bond acceptors (Lipinski definition) is 2. The van der Waals surface area contributed by atoms with Crippen LogP contribution in [-0.4, -0.2) is 13.2 Å². The highest BCUT2D eigenvalue weighted by atomic mass is 16.5. The summed E-state index contributed by atoms with van der Waals surface area (Å²) in [6, 6.07) is 9.00. The zero-order valence-corrected chi connectivity index (χ0v) is 12.2. The molecule has 0 bridgehead atoms. The zero-order chi connectivity index (χ0) is 13.4. The van der Waals surface area contributed by atoms with Crippen molar-refractivity contribution in [3.05, 3.63) is 29.8 Å². The second kappa shape index (κ2) is 5.16. The third kappa shape index (κ3) is 2.38. The van der Waals surface area contributed by atoms with Gasteiger partial charge in [0.25, 0.3) is 0 Å². The minimum atomic E-state index is 0.234. The fourth-order valence-corrected chi connectivity index (χ4v) is 4.03. The summed E-state index contributed by atoms with van der Waals surface area (Å²) < 4.78 is 5.99. The van der Waals surface area contributed by atoms with Gasteiger partial charge in [0.05, 0.1) is 6.10 Å². The van der Waals surface area contributed by atoms with Crippen LogP contribution < -0.4 is 10.1 Å². The molecule has 3 rings (SSSR count). The Morgan fingerprint density at radius 1 is 1.16 bits per heavy atom. The van der Waals surface area contributed by atoms with Crippen molar-refractivity contribution in [3.63, 3.8) is 0 Å². The van der Waals surface area contributed by atoms with E-state index in [4.69, 9.17) is 4.74 Å². The summed E-state index contributed by atoms with van der Waals surface area (Å²) >= 11 is 0. The monoisotopic (exact) mass is 259 g/mol. The molecule has 0 aromatic heterocycles. The van der Waals surface area contributed by atoms with Crippen LogP contribution in [0.3, 0.4) is 0 Å². The van der Waals surface area contributed by atoms with Gasteiger partial charge in [-0.05, 0) is 57.6 Å². The van der Waals surface area contributed by atoms with Crippen LogP contribution in [0.4, 0.5) is 0 Å². The summed E-state index contributed by atoms with van der Waals surface area (Å²) in [6.45, 7) is 4.19. The lowest BCUT2D eigenvalue weighted by atomic mass is 9.96. The van der Waals surface area contributed by atoms with Gasteiger partial charge in [-0.15, -0.1) is 0 Å². The average molecular weight is 259 g/mol. The predicted octanol–water partition coefficient (Wildman–Crippen LogP) is 3.78. The fraction of sp³-hybridized carbons (Fsp3) is 0.647. The maximum atomic E-state index is 5.99. The molecule has 104 valence electrons. The predicted molar refractivity (Wildman–Crippen MR) is 78.3 cm³/mol. The summed E-state index contributed by atoms with van der Waals surface area (Å²) in [7, 11) is 2.09. The van der Waals surface area contributed by atoms with Crippen LogP contribution in [0, 0.1) is 17.8 Å². The standard InChI is InChI=1S/C17H25NO/c1-11(2)19-15-10-5-4-7-14(15)17(18-3)16-12-8-6-9-13(12)16/h4-5,7,10-13,16-18H,6,8-9H2,1-3H3. The molecule has 2 heteroatoms. The van der Waals surface area contributed by atoms with Crippen molar-refractivity contribution in [3.8, 4) is 5.75 Å². The van der Waals surface area contributed by atoms with Crippen molar-refractivity contribution in [2.75, 3.05) is 7.05 Å². The number of para-hydroxylation sites is 1. The largest absolute Gasteiger partial charge is 0.491 e. The lowest BCUT2D eigenvalue weighted by molar-refractivity contribution is 0.236. The highest BCUT2D eigenvalue weighted by molar-refractivity contribution is 5.38. The Labute approximate surface area is 116 Å². The van der Waals surface area contributed by atoms with Crippen LogP contribution in [0.15, 0.2) is 24.3 Å². The quantitative estimate of drug-likeness (QED) is 0.869. The summed E-state index contributed by atoms with van der Waals surface area (Å²) in [6.07, 6.45) is 4.53. The van der Waals surface area contributed by atoms with Gasteiger partial charge in [0.1, 0.15) is 5.75 Å². The third-order valence-electron chi connectivity index (χ3n) is 4.79. The molecule has 2 fully saturated rings. The van der Waals surface area contributed by atoms with Crippen molar-refractivity contribution < 1.29 is 4.74 Å². The molecule has 2 nitrogen and oxygen atoms in total. The van der Waals surface area contributed by atoms with Crippen LogP contribution in [0.25, 0.3) is 0 Å². The highest BCUT2D eigenvalue weighted by Crippen LogP contribution is 2.62. The van der Waals surface area contributed by atoms with E-state index in [1.165, 1.54) is 24.8 Å². The minimum absolute atomic E-state index is 0.234. The molecular weight excluding hydrogens is 234 g/mol. The minimum Gasteiger partial charge on any atom is -0.491 e. The molecule has 2 aliphatic carbocycles. The van der Waals surface area contributed by atoms with E-state index in [9.17, 15) is 0 Å². The smallest absolute Gasteiger partial charge is 0.124 e. The fourth-order valence-electron chi connectivity index (χ4n) is 4.03. The van der Waals surface area contributed by atoms with Gasteiger partial charge in [0.15, 0.2) is 0 Å². The van der Waals surface area contributed by atoms with Crippen LogP contribution in [0.1, 0.15) is 44.7 Å². The van der Waals surface area contributed by atoms with Crippen molar-refractivity contribution in [1.82, 2.24) is 5.32 Å². The first-order chi connectivity index (χ1) is 9.22. The lowest BCUT2D eigenvalue weighted by Gasteiger charge is -2.23. The number of rotatable bonds is 5. The molecule has 0 amide bonds. The third-order valence-corrected chi connectivity index (χ3v) is 4.79. The summed E-state index contributed by atoms with van der Waals surface area (Å²) in [5.41, 5.74) is 1.35. The van der Waals surface area contributed by atoms with E-state index in [1.807, 2.05) is 0 Å². The van der Waals surface area contributed by atoms with E-state index in [1.54, 1.807) is 0 Å². The molecule has 0 aliphatic heterocycles. The van der Waals surface area contributed by atoms with Gasteiger partial charge in [-0.2, -0.15) is 0 Å². The molecule has 2 aliphatic rings. The Morgan fingerprint density at radius 3 is 2.47 bits per heavy atom. The van der Waals surface area contributed by atoms with Crippen LogP contribution >= 0.6 is 0 Å². The van der Waals surface area contributed by atoms with E-state index >= 15 is 0 Å². The molecule has 0 spiro atoms. The molecule has 1 aromatic rings. The Kier molecular flexibility index (Phi) is 3.53. The molecule has 3 atom stereocenters. The number of hydrogen-bond donors (Lipinski definition) is 1. The van der Waals surface area contributed by atoms with Crippen molar-refractivity contribution in [2.24, 2.45) is 17.8 Å². The van der Waals surface area contributed by atoms with Gasteiger partial charge in [-0.25, -0.2) is 0 Å². The van der Waals surface area contributed by atoms with Gasteiger partial charge in [-0.1, -0.05) is 24.6 Å². The maximum Gasteiger partial charge on any atom is 0.124 e. The Balaban J connectivity index is 1.83. The second-order valence-corrected chi connectivity index (χ2v) is 6.31. The normalized spacial score (nSPS) is 30.2. The van der Waals surface area contributed by atoms with E-state index in [2.05, 4.69) is 50.5 Å². The van der Waals surface area contributed by atoms with Crippen molar-refractivity contribution in [2.45, 2.75) is 45.3 Å². The van der Waals surface area contributed by atoms with Gasteiger partial charge >= 0.3 is 0 Å². The summed E-state index contributed by atoms with van der Waals surface area (Å²) in [4.78, 5) is 0.